The number of carboxylic acids is 1. The van der Waals surface area contributed by atoms with Crippen molar-refractivity contribution >= 4 is 17.8 Å². The van der Waals surface area contributed by atoms with Crippen molar-refractivity contribution in [2.45, 2.75) is 20.3 Å². The van der Waals surface area contributed by atoms with Crippen molar-refractivity contribution in [1.82, 2.24) is 14.9 Å². The van der Waals surface area contributed by atoms with Crippen LogP contribution in [-0.4, -0.2) is 58.0 Å². The van der Waals surface area contributed by atoms with Crippen LogP contribution in [0.2, 0.25) is 0 Å². The van der Waals surface area contributed by atoms with Crippen LogP contribution in [0.25, 0.3) is 0 Å². The number of methoxy groups -OCH3 is 1. The molecule has 0 radical (unpaired) electrons. The largest absolute Gasteiger partial charge is 0.477 e. The molecule has 0 bridgehead atoms. The number of aromatic amines is 1. The second kappa shape index (κ2) is 7.41. The third-order valence-electron chi connectivity index (χ3n) is 2.74. The van der Waals surface area contributed by atoms with Gasteiger partial charge in [-0.2, -0.15) is 0 Å². The Balaban J connectivity index is 2.91. The minimum absolute atomic E-state index is 0.0434. The second-order valence-electron chi connectivity index (χ2n) is 4.90. The van der Waals surface area contributed by atoms with E-state index in [1.165, 1.54) is 12.0 Å². The fourth-order valence-corrected chi connectivity index (χ4v) is 1.81. The number of aromatic nitrogens is 2. The topological polar surface area (TPSA) is 113 Å². The van der Waals surface area contributed by atoms with Crippen molar-refractivity contribution in [3.05, 3.63) is 17.7 Å². The summed E-state index contributed by atoms with van der Waals surface area (Å²) < 4.78 is 4.55. The van der Waals surface area contributed by atoms with Crippen molar-refractivity contribution in [3.8, 4) is 0 Å². The number of rotatable bonds is 7. The molecule has 8 heteroatoms. The Hall–Kier alpha value is -2.38. The lowest BCUT2D eigenvalue weighted by Gasteiger charge is -2.23. The van der Waals surface area contributed by atoms with Gasteiger partial charge in [0, 0.05) is 13.1 Å². The number of hydrogen-bond donors (Lipinski definition) is 2. The van der Waals surface area contributed by atoms with E-state index in [-0.39, 0.29) is 30.3 Å². The number of carboxylic acid groups (broad SMARTS) is 1. The van der Waals surface area contributed by atoms with Gasteiger partial charge in [0.15, 0.2) is 11.4 Å². The van der Waals surface area contributed by atoms with Gasteiger partial charge in [0.05, 0.1) is 19.9 Å². The molecule has 1 aromatic heterocycles. The molecule has 1 rings (SSSR count). The molecule has 0 saturated heterocycles. The molecule has 116 valence electrons. The quantitative estimate of drug-likeness (QED) is 0.719. The fraction of sp³-hybridized carbons (Fsp3) is 0.538. The van der Waals surface area contributed by atoms with Crippen LogP contribution in [0.1, 0.15) is 41.2 Å². The van der Waals surface area contributed by atoms with E-state index >= 15 is 0 Å². The number of nitrogens with one attached hydrogen (secondary N) is 1. The first-order valence-corrected chi connectivity index (χ1v) is 6.49. The van der Waals surface area contributed by atoms with Crippen molar-refractivity contribution in [2.24, 2.45) is 5.92 Å². The first-order valence-electron chi connectivity index (χ1n) is 6.49. The van der Waals surface area contributed by atoms with E-state index in [0.29, 0.717) is 6.54 Å². The minimum atomic E-state index is -1.26. The number of nitrogens with zero attached hydrogens (tertiary/aromatic N) is 2. The van der Waals surface area contributed by atoms with Crippen LogP contribution in [-0.2, 0) is 9.53 Å². The number of imidazole rings is 1. The monoisotopic (exact) mass is 297 g/mol. The molecule has 0 fully saturated rings. The number of carbonyl (C=O) groups excluding carboxylic acids is 2. The zero-order chi connectivity index (χ0) is 16.0. The highest BCUT2D eigenvalue weighted by molar-refractivity contribution is 6.02. The van der Waals surface area contributed by atoms with E-state index in [9.17, 15) is 14.4 Å². The van der Waals surface area contributed by atoms with Crippen LogP contribution < -0.4 is 0 Å². The lowest BCUT2D eigenvalue weighted by atomic mass is 10.2. The third kappa shape index (κ3) is 4.59. The van der Waals surface area contributed by atoms with Gasteiger partial charge in [-0.3, -0.25) is 9.59 Å². The number of carbonyl (C=O) groups is 3. The maximum atomic E-state index is 12.4. The molecule has 0 saturated carbocycles. The van der Waals surface area contributed by atoms with Crippen LogP contribution in [0.3, 0.4) is 0 Å². The summed E-state index contributed by atoms with van der Waals surface area (Å²) in [5.74, 6) is -2.05. The van der Waals surface area contributed by atoms with Gasteiger partial charge in [0.2, 0.25) is 0 Å². The van der Waals surface area contributed by atoms with E-state index < -0.39 is 17.8 Å². The van der Waals surface area contributed by atoms with E-state index in [1.807, 2.05) is 13.8 Å². The van der Waals surface area contributed by atoms with Gasteiger partial charge in [-0.25, -0.2) is 9.78 Å². The molecule has 0 aliphatic heterocycles. The molecule has 0 spiro atoms. The van der Waals surface area contributed by atoms with Crippen LogP contribution >= 0.6 is 0 Å². The highest BCUT2D eigenvalue weighted by Gasteiger charge is 2.25. The molecule has 0 unspecified atom stereocenters. The Morgan fingerprint density at radius 1 is 1.43 bits per heavy atom. The average molecular weight is 297 g/mol. The minimum Gasteiger partial charge on any atom is -0.477 e. The lowest BCUT2D eigenvalue weighted by Crippen LogP contribution is -2.37. The normalized spacial score (nSPS) is 10.5. The van der Waals surface area contributed by atoms with Crippen LogP contribution in [0.5, 0.6) is 0 Å². The first-order chi connectivity index (χ1) is 9.86. The van der Waals surface area contributed by atoms with Gasteiger partial charge in [-0.15, -0.1) is 0 Å². The molecular formula is C13H19N3O5. The number of ether oxygens (including phenoxy) is 1. The van der Waals surface area contributed by atoms with Crippen LogP contribution in [0.15, 0.2) is 6.33 Å². The third-order valence-corrected chi connectivity index (χ3v) is 2.74. The van der Waals surface area contributed by atoms with Gasteiger partial charge in [-0.05, 0) is 5.92 Å². The molecule has 2 N–H and O–H groups in total. The molecule has 0 aliphatic carbocycles. The summed E-state index contributed by atoms with van der Waals surface area (Å²) in [6.07, 6.45) is 1.20. The van der Waals surface area contributed by atoms with Crippen molar-refractivity contribution in [3.63, 3.8) is 0 Å². The maximum absolute atomic E-state index is 12.4. The molecule has 1 aromatic rings. The lowest BCUT2D eigenvalue weighted by molar-refractivity contribution is -0.140. The SMILES string of the molecule is COC(=O)CCN(CC(C)C)C(=O)c1nc[nH]c1C(=O)O. The van der Waals surface area contributed by atoms with Gasteiger partial charge < -0.3 is 19.7 Å². The smallest absolute Gasteiger partial charge is 0.354 e. The molecule has 0 aromatic carbocycles. The van der Waals surface area contributed by atoms with Gasteiger partial charge in [0.25, 0.3) is 5.91 Å². The van der Waals surface area contributed by atoms with E-state index in [0.717, 1.165) is 6.33 Å². The first kappa shape index (κ1) is 16.7. The molecular weight excluding hydrogens is 278 g/mol. The van der Waals surface area contributed by atoms with Crippen LogP contribution in [0.4, 0.5) is 0 Å². The van der Waals surface area contributed by atoms with Gasteiger partial charge in [0.1, 0.15) is 0 Å². The van der Waals surface area contributed by atoms with Gasteiger partial charge >= 0.3 is 11.9 Å². The summed E-state index contributed by atoms with van der Waals surface area (Å²) in [6, 6.07) is 0. The summed E-state index contributed by atoms with van der Waals surface area (Å²) >= 11 is 0. The predicted molar refractivity (Wildman–Crippen MR) is 72.9 cm³/mol. The van der Waals surface area contributed by atoms with Gasteiger partial charge in [-0.1, -0.05) is 13.8 Å². The number of H-pyrrole nitrogens is 1. The molecule has 21 heavy (non-hydrogen) atoms. The second-order valence-corrected chi connectivity index (χ2v) is 4.90. The maximum Gasteiger partial charge on any atom is 0.354 e. The number of amides is 1. The van der Waals surface area contributed by atoms with Crippen LogP contribution in [0, 0.1) is 5.92 Å². The Bertz CT molecular complexity index is 524. The molecule has 1 amide bonds. The number of hydrogen-bond acceptors (Lipinski definition) is 5. The summed E-state index contributed by atoms with van der Waals surface area (Å²) in [7, 11) is 1.27. The van der Waals surface area contributed by atoms with Crippen molar-refractivity contribution < 1.29 is 24.2 Å². The van der Waals surface area contributed by atoms with Crippen molar-refractivity contribution in [1.29, 1.82) is 0 Å². The molecule has 8 nitrogen and oxygen atoms in total. The Morgan fingerprint density at radius 3 is 2.62 bits per heavy atom. The standard InChI is InChI=1S/C13H19N3O5/c1-8(2)6-16(5-4-9(17)21-3)12(18)10-11(13(19)20)15-7-14-10/h7-8H,4-6H2,1-3H3,(H,14,15)(H,19,20). The summed E-state index contributed by atoms with van der Waals surface area (Å²) in [4.78, 5) is 42.2. The average Bonchev–Trinajstić information content (AvgIpc) is 2.91. The Labute approximate surface area is 122 Å². The number of aromatic carboxylic acids is 1. The van der Waals surface area contributed by atoms with E-state index in [2.05, 4.69) is 14.7 Å². The molecule has 0 aliphatic rings. The molecule has 1 heterocycles. The summed E-state index contributed by atoms with van der Waals surface area (Å²) in [6.45, 7) is 4.37. The van der Waals surface area contributed by atoms with E-state index in [1.54, 1.807) is 0 Å². The number of esters is 1. The Morgan fingerprint density at radius 2 is 2.10 bits per heavy atom. The predicted octanol–water partition coefficient (Wildman–Crippen LogP) is 0.769. The molecule has 0 atom stereocenters. The zero-order valence-electron chi connectivity index (χ0n) is 12.3. The zero-order valence-corrected chi connectivity index (χ0v) is 12.3. The summed E-state index contributed by atoms with van der Waals surface area (Å²) in [5.41, 5.74) is -0.417. The summed E-state index contributed by atoms with van der Waals surface area (Å²) in [5, 5.41) is 9.01. The fourth-order valence-electron chi connectivity index (χ4n) is 1.81. The van der Waals surface area contributed by atoms with E-state index in [4.69, 9.17) is 5.11 Å². The van der Waals surface area contributed by atoms with Crippen molar-refractivity contribution in [2.75, 3.05) is 20.2 Å². The Kier molecular flexibility index (Phi) is 5.89. The highest BCUT2D eigenvalue weighted by Crippen LogP contribution is 2.10. The highest BCUT2D eigenvalue weighted by atomic mass is 16.5.